The number of hydrogen-bond donors (Lipinski definition) is 0. The second kappa shape index (κ2) is 7.52. The highest BCUT2D eigenvalue weighted by molar-refractivity contribution is 5.59. The highest BCUT2D eigenvalue weighted by Gasteiger charge is 2.26. The third-order valence-electron chi connectivity index (χ3n) is 5.03. The van der Waals surface area contributed by atoms with Gasteiger partial charge in [0.25, 0.3) is 0 Å². The Morgan fingerprint density at radius 1 is 1.04 bits per heavy atom. The lowest BCUT2D eigenvalue weighted by Crippen LogP contribution is -2.51. The number of anilines is 1. The molecular formula is C19H29FN2O. The molecule has 1 heterocycles. The molecule has 1 aliphatic heterocycles. The minimum absolute atomic E-state index is 0.0547. The molecule has 23 heavy (non-hydrogen) atoms. The maximum atomic E-state index is 13.6. The van der Waals surface area contributed by atoms with E-state index in [1.807, 2.05) is 19.9 Å². The maximum Gasteiger partial charge on any atom is 0.145 e. The van der Waals surface area contributed by atoms with Gasteiger partial charge in [0, 0.05) is 38.3 Å². The first-order chi connectivity index (χ1) is 11.1. The van der Waals surface area contributed by atoms with Gasteiger partial charge in [-0.2, -0.15) is 0 Å². The van der Waals surface area contributed by atoms with Crippen LogP contribution in [0.15, 0.2) is 18.2 Å². The van der Waals surface area contributed by atoms with E-state index in [0.717, 1.165) is 37.9 Å². The zero-order valence-electron chi connectivity index (χ0n) is 14.4. The Balaban J connectivity index is 1.65. The smallest absolute Gasteiger partial charge is 0.145 e. The summed E-state index contributed by atoms with van der Waals surface area (Å²) in [4.78, 5) is 5.00. The highest BCUT2D eigenvalue weighted by atomic mass is 19.1. The molecule has 3 nitrogen and oxygen atoms in total. The van der Waals surface area contributed by atoms with Crippen LogP contribution in [0.1, 0.15) is 46.0 Å². The van der Waals surface area contributed by atoms with Gasteiger partial charge < -0.3 is 9.64 Å². The Hall–Kier alpha value is -1.29. The zero-order valence-corrected chi connectivity index (χ0v) is 14.4. The molecule has 1 saturated carbocycles. The number of halogens is 1. The fourth-order valence-corrected chi connectivity index (χ4v) is 3.87. The van der Waals surface area contributed by atoms with Crippen LogP contribution in [0.25, 0.3) is 0 Å². The summed E-state index contributed by atoms with van der Waals surface area (Å²) in [5.74, 6) is 0.441. The number of rotatable bonds is 4. The summed E-state index contributed by atoms with van der Waals surface area (Å²) in [5, 5.41) is 0. The molecule has 1 aromatic carbocycles. The lowest BCUT2D eigenvalue weighted by molar-refractivity contribution is 0.147. The summed E-state index contributed by atoms with van der Waals surface area (Å²) in [7, 11) is 0. The van der Waals surface area contributed by atoms with Crippen molar-refractivity contribution in [2.45, 2.75) is 58.1 Å². The molecule has 2 fully saturated rings. The quantitative estimate of drug-likeness (QED) is 0.832. The van der Waals surface area contributed by atoms with E-state index >= 15 is 0 Å². The second-order valence-electron chi connectivity index (χ2n) is 7.09. The summed E-state index contributed by atoms with van der Waals surface area (Å²) in [6.45, 7) is 8.16. The highest BCUT2D eigenvalue weighted by Crippen LogP contribution is 2.32. The van der Waals surface area contributed by atoms with Crippen LogP contribution in [-0.4, -0.2) is 43.2 Å². The number of hydrogen-bond acceptors (Lipinski definition) is 3. The first-order valence-electron chi connectivity index (χ1n) is 9.08. The van der Waals surface area contributed by atoms with Crippen molar-refractivity contribution >= 4 is 5.69 Å². The van der Waals surface area contributed by atoms with Gasteiger partial charge in [-0.25, -0.2) is 4.39 Å². The van der Waals surface area contributed by atoms with Gasteiger partial charge in [-0.15, -0.1) is 0 Å². The second-order valence-corrected chi connectivity index (χ2v) is 7.09. The van der Waals surface area contributed by atoms with E-state index in [2.05, 4.69) is 9.80 Å². The molecule has 3 rings (SSSR count). The van der Waals surface area contributed by atoms with E-state index in [1.54, 1.807) is 0 Å². The largest absolute Gasteiger partial charge is 0.489 e. The van der Waals surface area contributed by atoms with Crippen molar-refractivity contribution in [3.63, 3.8) is 0 Å². The van der Waals surface area contributed by atoms with Crippen LogP contribution in [0.3, 0.4) is 0 Å². The van der Waals surface area contributed by atoms with Crippen molar-refractivity contribution in [2.75, 3.05) is 31.1 Å². The Kier molecular flexibility index (Phi) is 5.42. The molecule has 128 valence electrons. The minimum atomic E-state index is -0.231. The minimum Gasteiger partial charge on any atom is -0.489 e. The fraction of sp³-hybridized carbons (Fsp3) is 0.684. The van der Waals surface area contributed by atoms with Crippen LogP contribution < -0.4 is 9.64 Å². The normalized spacial score (nSPS) is 21.0. The predicted octanol–water partition coefficient (Wildman–Crippen LogP) is 4.07. The Morgan fingerprint density at radius 2 is 1.74 bits per heavy atom. The van der Waals surface area contributed by atoms with E-state index < -0.39 is 0 Å². The van der Waals surface area contributed by atoms with Crippen LogP contribution in [0.5, 0.6) is 5.75 Å². The average molecular weight is 320 g/mol. The maximum absolute atomic E-state index is 13.6. The molecule has 1 aromatic rings. The molecule has 0 amide bonds. The van der Waals surface area contributed by atoms with Gasteiger partial charge in [0.05, 0.1) is 11.8 Å². The van der Waals surface area contributed by atoms with Crippen molar-refractivity contribution in [2.24, 2.45) is 0 Å². The van der Waals surface area contributed by atoms with Crippen LogP contribution in [0, 0.1) is 5.82 Å². The van der Waals surface area contributed by atoms with Crippen molar-refractivity contribution in [1.82, 2.24) is 4.90 Å². The monoisotopic (exact) mass is 320 g/mol. The average Bonchev–Trinajstić information content (AvgIpc) is 2.56. The van der Waals surface area contributed by atoms with Crippen molar-refractivity contribution in [1.29, 1.82) is 0 Å². The number of ether oxygens (including phenoxy) is 1. The summed E-state index contributed by atoms with van der Waals surface area (Å²) >= 11 is 0. The van der Waals surface area contributed by atoms with Gasteiger partial charge in [0.1, 0.15) is 11.6 Å². The van der Waals surface area contributed by atoms with Gasteiger partial charge in [0.2, 0.25) is 0 Å². The topological polar surface area (TPSA) is 15.7 Å². The Bertz CT molecular complexity index is 506. The van der Waals surface area contributed by atoms with E-state index in [1.165, 1.54) is 44.2 Å². The fourth-order valence-electron chi connectivity index (χ4n) is 3.87. The van der Waals surface area contributed by atoms with Gasteiger partial charge in [-0.1, -0.05) is 19.3 Å². The van der Waals surface area contributed by atoms with E-state index in [4.69, 9.17) is 4.74 Å². The van der Waals surface area contributed by atoms with Gasteiger partial charge in [0.15, 0.2) is 0 Å². The first-order valence-corrected chi connectivity index (χ1v) is 9.08. The lowest BCUT2D eigenvalue weighted by atomic mass is 9.94. The van der Waals surface area contributed by atoms with Crippen molar-refractivity contribution in [3.05, 3.63) is 24.0 Å². The van der Waals surface area contributed by atoms with Crippen LogP contribution in [0.4, 0.5) is 10.1 Å². The zero-order chi connectivity index (χ0) is 16.2. The van der Waals surface area contributed by atoms with Gasteiger partial charge in [-0.3, -0.25) is 4.90 Å². The molecule has 0 unspecified atom stereocenters. The van der Waals surface area contributed by atoms with E-state index in [-0.39, 0.29) is 11.9 Å². The number of nitrogens with zero attached hydrogens (tertiary/aromatic N) is 2. The van der Waals surface area contributed by atoms with Crippen molar-refractivity contribution < 1.29 is 9.13 Å². The molecule has 0 bridgehead atoms. The first kappa shape index (κ1) is 16.6. The summed E-state index contributed by atoms with van der Waals surface area (Å²) < 4.78 is 19.4. The van der Waals surface area contributed by atoms with Crippen molar-refractivity contribution in [3.8, 4) is 5.75 Å². The standard InChI is InChI=1S/C19H29FN2O/c1-15(2)23-19-14-16(20)8-9-18(19)22-12-10-21(11-13-22)17-6-4-3-5-7-17/h8-9,14-15,17H,3-7,10-13H2,1-2H3. The molecule has 2 aliphatic rings. The predicted molar refractivity (Wildman–Crippen MR) is 92.8 cm³/mol. The third-order valence-corrected chi connectivity index (χ3v) is 5.03. The molecule has 4 heteroatoms. The molecule has 1 aliphatic carbocycles. The summed E-state index contributed by atoms with van der Waals surface area (Å²) in [5.41, 5.74) is 1.03. The molecule has 0 radical (unpaired) electrons. The Morgan fingerprint density at radius 3 is 2.39 bits per heavy atom. The SMILES string of the molecule is CC(C)Oc1cc(F)ccc1N1CCN(C2CCCCC2)CC1. The lowest BCUT2D eigenvalue weighted by Gasteiger charge is -2.41. The summed E-state index contributed by atoms with van der Waals surface area (Å²) in [6, 6.07) is 5.70. The molecular weight excluding hydrogens is 291 g/mol. The number of benzene rings is 1. The molecule has 0 atom stereocenters. The number of piperazine rings is 1. The summed E-state index contributed by atoms with van der Waals surface area (Å²) in [6.07, 6.45) is 6.95. The Labute approximate surface area is 139 Å². The van der Waals surface area contributed by atoms with E-state index in [9.17, 15) is 4.39 Å². The van der Waals surface area contributed by atoms with Gasteiger partial charge in [-0.05, 0) is 38.8 Å². The van der Waals surface area contributed by atoms with Crippen LogP contribution >= 0.6 is 0 Å². The van der Waals surface area contributed by atoms with E-state index in [0.29, 0.717) is 5.75 Å². The molecule has 0 N–H and O–H groups in total. The molecule has 0 spiro atoms. The molecule has 0 aromatic heterocycles. The molecule has 1 saturated heterocycles. The van der Waals surface area contributed by atoms with Crippen LogP contribution in [-0.2, 0) is 0 Å². The van der Waals surface area contributed by atoms with Gasteiger partial charge >= 0.3 is 0 Å². The van der Waals surface area contributed by atoms with Crippen LogP contribution in [0.2, 0.25) is 0 Å². The third kappa shape index (κ3) is 4.17.